The maximum atomic E-state index is 12.7. The highest BCUT2D eigenvalue weighted by atomic mass is 16.3. The topological polar surface area (TPSA) is 109 Å². The molecule has 3 aromatic carbocycles. The molecule has 5 rings (SSSR count). The number of hydrogen-bond acceptors (Lipinski definition) is 5. The molecule has 0 aliphatic carbocycles. The number of anilines is 5. The van der Waals surface area contributed by atoms with Crippen LogP contribution in [0.3, 0.4) is 0 Å². The number of aliphatic hydroxyl groups is 1. The van der Waals surface area contributed by atoms with Crippen molar-refractivity contribution in [2.24, 2.45) is 0 Å². The molecule has 1 fully saturated rings. The molecule has 4 aromatic rings. The van der Waals surface area contributed by atoms with Crippen LogP contribution in [0.2, 0.25) is 0 Å². The third kappa shape index (κ3) is 5.71. The number of nitrogens with zero attached hydrogens (tertiary/aromatic N) is 1. The summed E-state index contributed by atoms with van der Waals surface area (Å²) in [6, 6.07) is 22.4. The number of aryl methyl sites for hydroxylation is 2. The van der Waals surface area contributed by atoms with Gasteiger partial charge in [0.05, 0.1) is 11.7 Å². The van der Waals surface area contributed by atoms with Crippen molar-refractivity contribution in [2.75, 3.05) is 33.9 Å². The fourth-order valence-corrected chi connectivity index (χ4v) is 4.64. The minimum atomic E-state index is -0.286. The van der Waals surface area contributed by atoms with Crippen LogP contribution < -0.4 is 20.9 Å². The molecule has 1 aliphatic rings. The molecule has 2 amide bonds. The van der Waals surface area contributed by atoms with Crippen LogP contribution in [0.15, 0.2) is 79.0 Å². The molecule has 2 heterocycles. The maximum Gasteiger partial charge on any atom is 0.257 e. The van der Waals surface area contributed by atoms with Gasteiger partial charge in [-0.05, 0) is 98.6 Å². The predicted molar refractivity (Wildman–Crippen MR) is 152 cm³/mol. The SMILES string of the molecule is Cc1c[nH]c(C)c1C(=O)Nc1ccc(Nc2ccc(NC(=O)c3ccc(N4CCC(O)C4)cc3)cc2)cc1. The quantitative estimate of drug-likeness (QED) is 0.228. The molecular formula is C30H31N5O3. The Hall–Kier alpha value is -4.56. The molecule has 0 spiro atoms. The molecule has 8 nitrogen and oxygen atoms in total. The minimum Gasteiger partial charge on any atom is -0.391 e. The summed E-state index contributed by atoms with van der Waals surface area (Å²) in [6.07, 6.45) is 2.31. The first-order valence-corrected chi connectivity index (χ1v) is 12.6. The van der Waals surface area contributed by atoms with Crippen LogP contribution in [0.25, 0.3) is 0 Å². The Morgan fingerprint density at radius 1 is 0.816 bits per heavy atom. The molecule has 1 saturated heterocycles. The molecule has 1 aromatic heterocycles. The van der Waals surface area contributed by atoms with E-state index in [4.69, 9.17) is 0 Å². The summed E-state index contributed by atoms with van der Waals surface area (Å²) in [6.45, 7) is 5.23. The van der Waals surface area contributed by atoms with Crippen molar-refractivity contribution in [3.05, 3.63) is 101 Å². The van der Waals surface area contributed by atoms with Crippen LogP contribution in [0.5, 0.6) is 0 Å². The summed E-state index contributed by atoms with van der Waals surface area (Å²) >= 11 is 0. The van der Waals surface area contributed by atoms with E-state index in [9.17, 15) is 14.7 Å². The van der Waals surface area contributed by atoms with Gasteiger partial charge in [-0.3, -0.25) is 9.59 Å². The van der Waals surface area contributed by atoms with Crippen LogP contribution >= 0.6 is 0 Å². The average Bonchev–Trinajstić information content (AvgIpc) is 3.50. The van der Waals surface area contributed by atoms with Gasteiger partial charge in [-0.1, -0.05) is 0 Å². The van der Waals surface area contributed by atoms with E-state index in [1.807, 2.05) is 80.7 Å². The highest BCUT2D eigenvalue weighted by molar-refractivity contribution is 6.06. The zero-order valence-corrected chi connectivity index (χ0v) is 21.4. The first-order valence-electron chi connectivity index (χ1n) is 12.6. The van der Waals surface area contributed by atoms with Gasteiger partial charge in [0.15, 0.2) is 0 Å². The Kier molecular flexibility index (Phi) is 7.15. The summed E-state index contributed by atoms with van der Waals surface area (Å²) in [5.41, 5.74) is 7.16. The van der Waals surface area contributed by atoms with Gasteiger partial charge in [0.1, 0.15) is 0 Å². The fourth-order valence-electron chi connectivity index (χ4n) is 4.64. The number of aromatic nitrogens is 1. The van der Waals surface area contributed by atoms with Gasteiger partial charge in [-0.2, -0.15) is 0 Å². The number of carbonyl (C=O) groups excluding carboxylic acids is 2. The monoisotopic (exact) mass is 509 g/mol. The second-order valence-corrected chi connectivity index (χ2v) is 9.60. The van der Waals surface area contributed by atoms with E-state index >= 15 is 0 Å². The van der Waals surface area contributed by atoms with Gasteiger partial charge in [0.25, 0.3) is 11.8 Å². The van der Waals surface area contributed by atoms with Crippen LogP contribution in [-0.4, -0.2) is 41.1 Å². The molecule has 194 valence electrons. The number of nitrogens with one attached hydrogen (secondary N) is 4. The molecule has 1 aliphatic heterocycles. The smallest absolute Gasteiger partial charge is 0.257 e. The Morgan fingerprint density at radius 2 is 1.37 bits per heavy atom. The maximum absolute atomic E-state index is 12.7. The number of rotatable bonds is 7. The third-order valence-corrected chi connectivity index (χ3v) is 6.73. The lowest BCUT2D eigenvalue weighted by molar-refractivity contribution is 0.101. The largest absolute Gasteiger partial charge is 0.391 e. The summed E-state index contributed by atoms with van der Waals surface area (Å²) in [7, 11) is 0. The van der Waals surface area contributed by atoms with E-state index in [2.05, 4.69) is 25.8 Å². The normalized spacial score (nSPS) is 14.8. The second kappa shape index (κ2) is 10.8. The Balaban J connectivity index is 1.14. The van der Waals surface area contributed by atoms with Crippen molar-refractivity contribution in [3.63, 3.8) is 0 Å². The number of amides is 2. The molecule has 5 N–H and O–H groups in total. The third-order valence-electron chi connectivity index (χ3n) is 6.73. The van der Waals surface area contributed by atoms with Crippen molar-refractivity contribution < 1.29 is 14.7 Å². The van der Waals surface area contributed by atoms with Gasteiger partial charge >= 0.3 is 0 Å². The Bertz CT molecular complexity index is 1410. The summed E-state index contributed by atoms with van der Waals surface area (Å²) in [4.78, 5) is 30.5. The van der Waals surface area contributed by atoms with Crippen LogP contribution in [-0.2, 0) is 0 Å². The first-order chi connectivity index (χ1) is 18.4. The standard InChI is InChI=1S/C30H31N5O3/c1-19-17-31-20(2)28(19)30(38)34-25-11-7-23(8-12-25)32-22-5-9-24(10-6-22)33-29(37)21-3-13-26(14-4-21)35-16-15-27(36)18-35/h3-14,17,27,31-32,36H,15-16,18H2,1-2H3,(H,33,37)(H,34,38). The van der Waals surface area contributed by atoms with Gasteiger partial charge in [-0.25, -0.2) is 0 Å². The number of aromatic amines is 1. The highest BCUT2D eigenvalue weighted by Gasteiger charge is 2.20. The number of hydrogen-bond donors (Lipinski definition) is 5. The zero-order valence-electron chi connectivity index (χ0n) is 21.4. The average molecular weight is 510 g/mol. The van der Waals surface area contributed by atoms with Gasteiger partial charge in [-0.15, -0.1) is 0 Å². The lowest BCUT2D eigenvalue weighted by atomic mass is 10.1. The molecule has 1 atom stereocenters. The van der Waals surface area contributed by atoms with Gasteiger partial charge < -0.3 is 30.9 Å². The fraction of sp³-hybridized carbons (Fsp3) is 0.200. The zero-order chi connectivity index (χ0) is 26.6. The van der Waals surface area contributed by atoms with Crippen LogP contribution in [0, 0.1) is 13.8 Å². The summed E-state index contributed by atoms with van der Waals surface area (Å²) < 4.78 is 0. The van der Waals surface area contributed by atoms with E-state index < -0.39 is 0 Å². The van der Waals surface area contributed by atoms with Crippen molar-refractivity contribution in [1.82, 2.24) is 4.98 Å². The molecule has 8 heteroatoms. The molecular weight excluding hydrogens is 478 g/mol. The number of benzene rings is 3. The Morgan fingerprint density at radius 3 is 1.87 bits per heavy atom. The summed E-state index contributed by atoms with van der Waals surface area (Å²) in [5, 5.41) is 18.9. The molecule has 38 heavy (non-hydrogen) atoms. The lowest BCUT2D eigenvalue weighted by Gasteiger charge is -2.18. The van der Waals surface area contributed by atoms with E-state index in [1.165, 1.54) is 0 Å². The molecule has 0 radical (unpaired) electrons. The Labute approximate surface area is 221 Å². The van der Waals surface area contributed by atoms with E-state index in [0.717, 1.165) is 41.3 Å². The van der Waals surface area contributed by atoms with Crippen molar-refractivity contribution >= 4 is 40.3 Å². The van der Waals surface area contributed by atoms with E-state index in [1.54, 1.807) is 12.1 Å². The van der Waals surface area contributed by atoms with Crippen LogP contribution in [0.1, 0.15) is 38.4 Å². The first kappa shape index (κ1) is 25.1. The van der Waals surface area contributed by atoms with Crippen molar-refractivity contribution in [2.45, 2.75) is 26.4 Å². The number of aliphatic hydroxyl groups excluding tert-OH is 1. The van der Waals surface area contributed by atoms with Gasteiger partial charge in [0.2, 0.25) is 0 Å². The number of β-amino-alcohol motifs (C(OH)–C–C–N with tert-alkyl or cyclic N) is 1. The minimum absolute atomic E-state index is 0.137. The highest BCUT2D eigenvalue weighted by Crippen LogP contribution is 2.24. The molecule has 0 bridgehead atoms. The van der Waals surface area contributed by atoms with Crippen molar-refractivity contribution in [1.29, 1.82) is 0 Å². The number of H-pyrrole nitrogens is 1. The lowest BCUT2D eigenvalue weighted by Crippen LogP contribution is -2.21. The second-order valence-electron chi connectivity index (χ2n) is 9.60. The molecule has 1 unspecified atom stereocenters. The van der Waals surface area contributed by atoms with E-state index in [-0.39, 0.29) is 17.9 Å². The summed E-state index contributed by atoms with van der Waals surface area (Å²) in [5.74, 6) is -0.316. The van der Waals surface area contributed by atoms with Crippen LogP contribution in [0.4, 0.5) is 28.4 Å². The molecule has 0 saturated carbocycles. The van der Waals surface area contributed by atoms with Crippen molar-refractivity contribution in [3.8, 4) is 0 Å². The predicted octanol–water partition coefficient (Wildman–Crippen LogP) is 5.45. The number of carbonyl (C=O) groups is 2. The van der Waals surface area contributed by atoms with E-state index in [0.29, 0.717) is 29.0 Å². The van der Waals surface area contributed by atoms with Gasteiger partial charge in [0, 0.05) is 59.0 Å².